The Hall–Kier alpha value is -1.03. The van der Waals surface area contributed by atoms with Gasteiger partial charge in [-0.05, 0) is 37.0 Å². The van der Waals surface area contributed by atoms with E-state index in [1.807, 2.05) is 6.07 Å². The highest BCUT2D eigenvalue weighted by molar-refractivity contribution is 9.10. The summed E-state index contributed by atoms with van der Waals surface area (Å²) in [5.41, 5.74) is 7.27. The fourth-order valence-electron chi connectivity index (χ4n) is 3.34. The second kappa shape index (κ2) is 5.53. The molecule has 19 heavy (non-hydrogen) atoms. The van der Waals surface area contributed by atoms with Gasteiger partial charge in [-0.25, -0.2) is 0 Å². The molecule has 102 valence electrons. The molecule has 2 aliphatic rings. The monoisotopic (exact) mass is 321 g/mol. The van der Waals surface area contributed by atoms with Crippen molar-refractivity contribution in [3.63, 3.8) is 0 Å². The third-order valence-electron chi connectivity index (χ3n) is 4.30. The van der Waals surface area contributed by atoms with Crippen LogP contribution in [0.25, 0.3) is 0 Å². The highest BCUT2D eigenvalue weighted by atomic mass is 79.9. The van der Waals surface area contributed by atoms with Crippen LogP contribution in [0.2, 0.25) is 0 Å². The largest absolute Gasteiger partial charge is 0.370 e. The van der Waals surface area contributed by atoms with E-state index in [1.54, 1.807) is 0 Å². The highest BCUT2D eigenvalue weighted by Gasteiger charge is 2.34. The number of nitrogens with two attached hydrogens (primary N) is 1. The zero-order valence-electron chi connectivity index (χ0n) is 11.1. The molecule has 0 saturated heterocycles. The van der Waals surface area contributed by atoms with Crippen LogP contribution in [0, 0.1) is 5.92 Å². The third-order valence-corrected chi connectivity index (χ3v) is 4.79. The maximum atomic E-state index is 6.12. The second-order valence-electron chi connectivity index (χ2n) is 5.51. The van der Waals surface area contributed by atoms with Gasteiger partial charge >= 0.3 is 0 Å². The van der Waals surface area contributed by atoms with Crippen molar-refractivity contribution in [3.8, 4) is 0 Å². The summed E-state index contributed by atoms with van der Waals surface area (Å²) in [4.78, 5) is 6.72. The summed E-state index contributed by atoms with van der Waals surface area (Å²) in [5, 5.41) is 0. The first kappa shape index (κ1) is 13.0. The number of aliphatic imine (C=N–C) groups is 1. The third kappa shape index (κ3) is 2.64. The van der Waals surface area contributed by atoms with E-state index in [2.05, 4.69) is 44.0 Å². The molecule has 1 aliphatic carbocycles. The van der Waals surface area contributed by atoms with E-state index in [4.69, 9.17) is 5.73 Å². The lowest BCUT2D eigenvalue weighted by Gasteiger charge is -2.34. The second-order valence-corrected chi connectivity index (χ2v) is 6.43. The molecular formula is C15H20BrN3. The standard InChI is InChI=1S/C15H20BrN3/c16-12-7-4-8-13(9-12)19-14(10-18-15(19)17)11-5-2-1-3-6-11/h4,7-9,11,14H,1-3,5-6,10H2,(H2,17,18). The lowest BCUT2D eigenvalue weighted by molar-refractivity contribution is 0.314. The van der Waals surface area contributed by atoms with Crippen LogP contribution in [0.15, 0.2) is 33.7 Å². The Bertz CT molecular complexity index is 480. The normalized spacial score (nSPS) is 24.6. The highest BCUT2D eigenvalue weighted by Crippen LogP contribution is 2.34. The molecule has 0 aromatic heterocycles. The van der Waals surface area contributed by atoms with E-state index >= 15 is 0 Å². The van der Waals surface area contributed by atoms with Crippen molar-refractivity contribution >= 4 is 27.6 Å². The topological polar surface area (TPSA) is 41.6 Å². The Balaban J connectivity index is 1.85. The van der Waals surface area contributed by atoms with Crippen LogP contribution < -0.4 is 10.6 Å². The minimum absolute atomic E-state index is 0.453. The first-order valence-corrected chi connectivity index (χ1v) is 7.90. The fourth-order valence-corrected chi connectivity index (χ4v) is 3.73. The van der Waals surface area contributed by atoms with Crippen molar-refractivity contribution in [2.24, 2.45) is 16.6 Å². The van der Waals surface area contributed by atoms with Crippen molar-refractivity contribution in [1.82, 2.24) is 0 Å². The van der Waals surface area contributed by atoms with Gasteiger partial charge in [0.1, 0.15) is 0 Å². The number of halogens is 1. The van der Waals surface area contributed by atoms with Crippen LogP contribution in [0.3, 0.4) is 0 Å². The maximum absolute atomic E-state index is 6.12. The molecule has 1 heterocycles. The van der Waals surface area contributed by atoms with Crippen molar-refractivity contribution in [2.45, 2.75) is 38.1 Å². The van der Waals surface area contributed by atoms with Crippen LogP contribution in [-0.4, -0.2) is 18.5 Å². The van der Waals surface area contributed by atoms with Crippen molar-refractivity contribution in [3.05, 3.63) is 28.7 Å². The minimum atomic E-state index is 0.453. The quantitative estimate of drug-likeness (QED) is 0.905. The fraction of sp³-hybridized carbons (Fsp3) is 0.533. The number of anilines is 1. The first-order valence-electron chi connectivity index (χ1n) is 7.10. The molecule has 4 heteroatoms. The summed E-state index contributed by atoms with van der Waals surface area (Å²) >= 11 is 3.54. The van der Waals surface area contributed by atoms with E-state index in [0.717, 1.165) is 22.6 Å². The number of hydrogen-bond donors (Lipinski definition) is 1. The number of benzene rings is 1. The molecule has 1 atom stereocenters. The number of hydrogen-bond acceptors (Lipinski definition) is 3. The van der Waals surface area contributed by atoms with Gasteiger partial charge in [-0.15, -0.1) is 0 Å². The summed E-state index contributed by atoms with van der Waals surface area (Å²) < 4.78 is 1.09. The molecule has 0 amide bonds. The maximum Gasteiger partial charge on any atom is 0.196 e. The van der Waals surface area contributed by atoms with Crippen LogP contribution in [0.1, 0.15) is 32.1 Å². The van der Waals surface area contributed by atoms with Gasteiger partial charge in [-0.2, -0.15) is 0 Å². The number of rotatable bonds is 2. The van der Waals surface area contributed by atoms with Gasteiger partial charge in [0.2, 0.25) is 0 Å². The Morgan fingerprint density at radius 2 is 2.00 bits per heavy atom. The average Bonchev–Trinajstić information content (AvgIpc) is 2.82. The average molecular weight is 322 g/mol. The van der Waals surface area contributed by atoms with Crippen LogP contribution in [0.4, 0.5) is 5.69 Å². The molecular weight excluding hydrogens is 302 g/mol. The lowest BCUT2D eigenvalue weighted by atomic mass is 9.83. The molecule has 1 saturated carbocycles. The van der Waals surface area contributed by atoms with Gasteiger partial charge in [0.05, 0.1) is 12.6 Å². The van der Waals surface area contributed by atoms with Crippen LogP contribution >= 0.6 is 15.9 Å². The molecule has 2 N–H and O–H groups in total. The van der Waals surface area contributed by atoms with Gasteiger partial charge in [-0.1, -0.05) is 41.3 Å². The Morgan fingerprint density at radius 1 is 1.21 bits per heavy atom. The van der Waals surface area contributed by atoms with E-state index < -0.39 is 0 Å². The molecule has 1 unspecified atom stereocenters. The summed E-state index contributed by atoms with van der Waals surface area (Å²) in [5.74, 6) is 1.41. The van der Waals surface area contributed by atoms with E-state index in [-0.39, 0.29) is 0 Å². The van der Waals surface area contributed by atoms with Gasteiger partial charge in [0, 0.05) is 10.2 Å². The van der Waals surface area contributed by atoms with Crippen LogP contribution in [0.5, 0.6) is 0 Å². The van der Waals surface area contributed by atoms with Gasteiger partial charge in [0.15, 0.2) is 5.96 Å². The predicted octanol–water partition coefficient (Wildman–Crippen LogP) is 3.53. The molecule has 1 aliphatic heterocycles. The molecule has 1 aromatic carbocycles. The van der Waals surface area contributed by atoms with Crippen molar-refractivity contribution in [1.29, 1.82) is 0 Å². The Labute approximate surface area is 123 Å². The molecule has 3 nitrogen and oxygen atoms in total. The summed E-state index contributed by atoms with van der Waals surface area (Å²) in [6.07, 6.45) is 6.73. The van der Waals surface area contributed by atoms with Gasteiger partial charge in [0.25, 0.3) is 0 Å². The molecule has 3 rings (SSSR count). The van der Waals surface area contributed by atoms with E-state index in [0.29, 0.717) is 12.0 Å². The van der Waals surface area contributed by atoms with E-state index in [9.17, 15) is 0 Å². The lowest BCUT2D eigenvalue weighted by Crippen LogP contribution is -2.45. The smallest absolute Gasteiger partial charge is 0.196 e. The zero-order chi connectivity index (χ0) is 13.2. The molecule has 0 spiro atoms. The SMILES string of the molecule is NC1=NCC(C2CCCCC2)N1c1cccc(Br)c1. The zero-order valence-corrected chi connectivity index (χ0v) is 12.6. The Morgan fingerprint density at radius 3 is 2.74 bits per heavy atom. The van der Waals surface area contributed by atoms with Crippen LogP contribution in [-0.2, 0) is 0 Å². The number of guanidine groups is 1. The van der Waals surface area contributed by atoms with Crippen molar-refractivity contribution < 1.29 is 0 Å². The summed E-state index contributed by atoms with van der Waals surface area (Å²) in [7, 11) is 0. The summed E-state index contributed by atoms with van der Waals surface area (Å²) in [6.45, 7) is 0.850. The van der Waals surface area contributed by atoms with Gasteiger partial charge < -0.3 is 10.6 Å². The number of nitrogens with zero attached hydrogens (tertiary/aromatic N) is 2. The van der Waals surface area contributed by atoms with E-state index in [1.165, 1.54) is 32.1 Å². The molecule has 1 aromatic rings. The molecule has 0 bridgehead atoms. The Kier molecular flexibility index (Phi) is 3.78. The summed E-state index contributed by atoms with van der Waals surface area (Å²) in [6, 6.07) is 8.80. The molecule has 0 radical (unpaired) electrons. The molecule has 1 fully saturated rings. The van der Waals surface area contributed by atoms with Crippen molar-refractivity contribution in [2.75, 3.05) is 11.4 Å². The predicted molar refractivity (Wildman–Crippen MR) is 83.5 cm³/mol. The van der Waals surface area contributed by atoms with Gasteiger partial charge in [-0.3, -0.25) is 4.99 Å². The minimum Gasteiger partial charge on any atom is -0.370 e. The first-order chi connectivity index (χ1) is 9.25.